The maximum atomic E-state index is 11.9. The van der Waals surface area contributed by atoms with Gasteiger partial charge < -0.3 is 10.6 Å². The number of nitrogens with one attached hydrogen (secondary N) is 2. The molecule has 1 aliphatic heterocycles. The molecule has 1 aromatic carbocycles. The molecular weight excluding hydrogens is 294 g/mol. The molecule has 1 atom stereocenters. The third-order valence-corrected chi connectivity index (χ3v) is 3.84. The van der Waals surface area contributed by atoms with E-state index in [-0.39, 0.29) is 17.3 Å². The highest BCUT2D eigenvalue weighted by atomic mass is 35.5. The van der Waals surface area contributed by atoms with Crippen molar-refractivity contribution in [3.05, 3.63) is 33.3 Å². The van der Waals surface area contributed by atoms with Gasteiger partial charge in [0, 0.05) is 17.5 Å². The summed E-state index contributed by atoms with van der Waals surface area (Å²) in [4.78, 5) is 22.3. The molecule has 1 unspecified atom stereocenters. The molecule has 0 radical (unpaired) electrons. The molecule has 1 heterocycles. The molecule has 0 aliphatic carbocycles. The van der Waals surface area contributed by atoms with Crippen LogP contribution in [-0.4, -0.2) is 23.9 Å². The first-order valence-corrected chi connectivity index (χ1v) is 7.38. The smallest absolute Gasteiger partial charge is 0.292 e. The van der Waals surface area contributed by atoms with E-state index in [0.717, 1.165) is 32.4 Å². The quantitative estimate of drug-likeness (QED) is 0.646. The minimum Gasteiger partial charge on any atom is -0.320 e. The van der Waals surface area contributed by atoms with E-state index in [4.69, 9.17) is 11.6 Å². The third kappa shape index (κ3) is 4.68. The number of hydrogen-bond acceptors (Lipinski definition) is 4. The molecule has 1 aliphatic rings. The lowest BCUT2D eigenvalue weighted by Crippen LogP contribution is -2.30. The first kappa shape index (κ1) is 15.7. The molecule has 1 aromatic rings. The Morgan fingerprint density at radius 1 is 1.52 bits per heavy atom. The van der Waals surface area contributed by atoms with Gasteiger partial charge in [-0.1, -0.05) is 11.6 Å². The van der Waals surface area contributed by atoms with Crippen molar-refractivity contribution in [1.82, 2.24) is 5.32 Å². The van der Waals surface area contributed by atoms with Crippen LogP contribution in [0.5, 0.6) is 0 Å². The zero-order chi connectivity index (χ0) is 15.2. The lowest BCUT2D eigenvalue weighted by molar-refractivity contribution is -0.383. The Labute approximate surface area is 128 Å². The van der Waals surface area contributed by atoms with E-state index in [1.807, 2.05) is 0 Å². The van der Waals surface area contributed by atoms with Gasteiger partial charge in [0.15, 0.2) is 0 Å². The number of rotatable bonds is 5. The summed E-state index contributed by atoms with van der Waals surface area (Å²) in [6, 6.07) is 4.13. The van der Waals surface area contributed by atoms with Gasteiger partial charge in [0.05, 0.1) is 4.92 Å². The molecule has 0 saturated carbocycles. The largest absolute Gasteiger partial charge is 0.320 e. The van der Waals surface area contributed by atoms with Crippen LogP contribution in [0.15, 0.2) is 18.2 Å². The van der Waals surface area contributed by atoms with Crippen molar-refractivity contribution in [2.24, 2.45) is 5.92 Å². The molecule has 1 saturated heterocycles. The van der Waals surface area contributed by atoms with Crippen LogP contribution in [0.2, 0.25) is 5.02 Å². The molecular formula is C14H18ClN3O3. The lowest BCUT2D eigenvalue weighted by Gasteiger charge is -2.22. The summed E-state index contributed by atoms with van der Waals surface area (Å²) in [6.45, 7) is 1.97. The normalized spacial score (nSPS) is 18.2. The second-order valence-corrected chi connectivity index (χ2v) is 5.65. The number of piperidine rings is 1. The first-order valence-electron chi connectivity index (χ1n) is 7.01. The Kier molecular flexibility index (Phi) is 5.52. The van der Waals surface area contributed by atoms with Crippen molar-refractivity contribution in [2.75, 3.05) is 18.4 Å². The van der Waals surface area contributed by atoms with Crippen LogP contribution in [0.4, 0.5) is 11.4 Å². The van der Waals surface area contributed by atoms with E-state index in [9.17, 15) is 14.9 Å². The predicted octanol–water partition coefficient (Wildman–Crippen LogP) is 2.97. The van der Waals surface area contributed by atoms with E-state index in [1.54, 1.807) is 0 Å². The summed E-state index contributed by atoms with van der Waals surface area (Å²) in [5.41, 5.74) is 0.00588. The van der Waals surface area contributed by atoms with Gasteiger partial charge in [0.25, 0.3) is 5.69 Å². The SMILES string of the molecule is O=C(CCC1CCCNC1)Nc1cc(Cl)ccc1[N+](=O)[O-]. The van der Waals surface area contributed by atoms with E-state index >= 15 is 0 Å². The van der Waals surface area contributed by atoms with Gasteiger partial charge in [-0.2, -0.15) is 0 Å². The van der Waals surface area contributed by atoms with Gasteiger partial charge >= 0.3 is 0 Å². The highest BCUT2D eigenvalue weighted by Crippen LogP contribution is 2.28. The fourth-order valence-corrected chi connectivity index (χ4v) is 2.66. The van der Waals surface area contributed by atoms with E-state index in [0.29, 0.717) is 17.4 Å². The van der Waals surface area contributed by atoms with E-state index < -0.39 is 4.92 Å². The highest BCUT2D eigenvalue weighted by Gasteiger charge is 2.18. The summed E-state index contributed by atoms with van der Waals surface area (Å²) in [5.74, 6) is 0.282. The summed E-state index contributed by atoms with van der Waals surface area (Å²) in [7, 11) is 0. The number of benzene rings is 1. The van der Waals surface area contributed by atoms with Crippen LogP contribution < -0.4 is 10.6 Å². The van der Waals surface area contributed by atoms with Crippen molar-refractivity contribution in [2.45, 2.75) is 25.7 Å². The minimum absolute atomic E-state index is 0.146. The van der Waals surface area contributed by atoms with Crippen molar-refractivity contribution in [3.63, 3.8) is 0 Å². The summed E-state index contributed by atoms with van der Waals surface area (Å²) in [5, 5.41) is 17.2. The number of nitrogens with zero attached hydrogens (tertiary/aromatic N) is 1. The van der Waals surface area contributed by atoms with Crippen LogP contribution in [0.3, 0.4) is 0 Å². The number of nitro groups is 1. The predicted molar refractivity (Wildman–Crippen MR) is 81.6 cm³/mol. The number of nitro benzene ring substituents is 1. The monoisotopic (exact) mass is 311 g/mol. The Hall–Kier alpha value is -1.66. The van der Waals surface area contributed by atoms with Crippen molar-refractivity contribution < 1.29 is 9.72 Å². The van der Waals surface area contributed by atoms with Crippen LogP contribution in [0, 0.1) is 16.0 Å². The Morgan fingerprint density at radius 2 is 2.33 bits per heavy atom. The van der Waals surface area contributed by atoms with E-state index in [1.165, 1.54) is 18.2 Å². The number of carbonyl (C=O) groups excluding carboxylic acids is 1. The Morgan fingerprint density at radius 3 is 3.00 bits per heavy atom. The number of hydrogen-bond donors (Lipinski definition) is 2. The van der Waals surface area contributed by atoms with Crippen LogP contribution in [0.1, 0.15) is 25.7 Å². The molecule has 1 amide bonds. The fourth-order valence-electron chi connectivity index (χ4n) is 2.49. The standard InChI is InChI=1S/C14H18ClN3O3/c15-11-4-5-13(18(20)21)12(8-11)17-14(19)6-3-10-2-1-7-16-9-10/h4-5,8,10,16H,1-3,6-7,9H2,(H,17,19). The van der Waals surface area contributed by atoms with Crippen LogP contribution >= 0.6 is 11.6 Å². The van der Waals surface area contributed by atoms with Crippen LogP contribution in [-0.2, 0) is 4.79 Å². The van der Waals surface area contributed by atoms with Gasteiger partial charge in [0.1, 0.15) is 5.69 Å². The van der Waals surface area contributed by atoms with Gasteiger partial charge in [-0.3, -0.25) is 14.9 Å². The molecule has 2 N–H and O–H groups in total. The van der Waals surface area contributed by atoms with E-state index in [2.05, 4.69) is 10.6 Å². The number of amides is 1. The zero-order valence-corrected chi connectivity index (χ0v) is 12.4. The van der Waals surface area contributed by atoms with Crippen LogP contribution in [0.25, 0.3) is 0 Å². The molecule has 114 valence electrons. The number of carbonyl (C=O) groups is 1. The maximum Gasteiger partial charge on any atom is 0.292 e. The van der Waals surface area contributed by atoms with Gasteiger partial charge in [-0.05, 0) is 50.4 Å². The third-order valence-electron chi connectivity index (χ3n) is 3.61. The number of anilines is 1. The lowest BCUT2D eigenvalue weighted by atomic mass is 9.94. The molecule has 2 rings (SSSR count). The first-order chi connectivity index (χ1) is 10.1. The van der Waals surface area contributed by atoms with Gasteiger partial charge in [0.2, 0.25) is 5.91 Å². The topological polar surface area (TPSA) is 84.3 Å². The molecule has 0 spiro atoms. The Balaban J connectivity index is 1.92. The summed E-state index contributed by atoms with van der Waals surface area (Å²) >= 11 is 5.82. The summed E-state index contributed by atoms with van der Waals surface area (Å²) < 4.78 is 0. The van der Waals surface area contributed by atoms with Gasteiger partial charge in [-0.15, -0.1) is 0 Å². The average Bonchev–Trinajstić information content (AvgIpc) is 2.46. The molecule has 21 heavy (non-hydrogen) atoms. The van der Waals surface area contributed by atoms with Crippen molar-refractivity contribution >= 4 is 28.9 Å². The minimum atomic E-state index is -0.531. The molecule has 6 nitrogen and oxygen atoms in total. The van der Waals surface area contributed by atoms with Gasteiger partial charge in [-0.25, -0.2) is 0 Å². The van der Waals surface area contributed by atoms with Crippen molar-refractivity contribution in [3.8, 4) is 0 Å². The average molecular weight is 312 g/mol. The highest BCUT2D eigenvalue weighted by molar-refractivity contribution is 6.31. The second kappa shape index (κ2) is 7.38. The second-order valence-electron chi connectivity index (χ2n) is 5.22. The maximum absolute atomic E-state index is 11.9. The molecule has 0 aromatic heterocycles. The molecule has 0 bridgehead atoms. The Bertz CT molecular complexity index is 530. The molecule has 1 fully saturated rings. The number of halogens is 1. The molecule has 7 heteroatoms. The summed E-state index contributed by atoms with van der Waals surface area (Å²) in [6.07, 6.45) is 3.40. The fraction of sp³-hybridized carbons (Fsp3) is 0.500. The van der Waals surface area contributed by atoms with Crippen molar-refractivity contribution in [1.29, 1.82) is 0 Å². The zero-order valence-electron chi connectivity index (χ0n) is 11.6.